The fraction of sp³-hybridized carbons (Fsp3) is 0.455. The van der Waals surface area contributed by atoms with E-state index in [4.69, 9.17) is 10.5 Å². The summed E-state index contributed by atoms with van der Waals surface area (Å²) in [5.41, 5.74) is 6.32. The van der Waals surface area contributed by atoms with Gasteiger partial charge in [-0.15, -0.1) is 0 Å². The summed E-state index contributed by atoms with van der Waals surface area (Å²) in [5, 5.41) is 15.2. The normalized spacial score (nSPS) is 18.0. The first-order valence-corrected chi connectivity index (χ1v) is 16.9. The predicted octanol–water partition coefficient (Wildman–Crippen LogP) is 2.89. The van der Waals surface area contributed by atoms with Gasteiger partial charge in [0, 0.05) is 43.4 Å². The highest BCUT2D eigenvalue weighted by molar-refractivity contribution is 7.88. The van der Waals surface area contributed by atoms with Crippen molar-refractivity contribution in [1.82, 2.24) is 14.9 Å². The third-order valence-corrected chi connectivity index (χ3v) is 8.37. The van der Waals surface area contributed by atoms with Crippen LogP contribution in [-0.2, 0) is 32.6 Å². The average Bonchev–Trinajstić information content (AvgIpc) is 2.98. The van der Waals surface area contributed by atoms with Gasteiger partial charge in [0.05, 0.1) is 24.9 Å². The second kappa shape index (κ2) is 15.9. The lowest BCUT2D eigenvalue weighted by Gasteiger charge is -2.45. The van der Waals surface area contributed by atoms with Crippen molar-refractivity contribution in [2.45, 2.75) is 52.2 Å². The van der Waals surface area contributed by atoms with E-state index in [1.165, 1.54) is 6.08 Å². The lowest BCUT2D eigenvalue weighted by atomic mass is 9.63. The van der Waals surface area contributed by atoms with Gasteiger partial charge in [-0.1, -0.05) is 56.3 Å². The topological polar surface area (TPSA) is 151 Å². The number of primary amides is 1. The second-order valence-corrected chi connectivity index (χ2v) is 13.1. The van der Waals surface area contributed by atoms with Gasteiger partial charge in [0.15, 0.2) is 0 Å². The van der Waals surface area contributed by atoms with Crippen LogP contribution < -0.4 is 20.5 Å². The van der Waals surface area contributed by atoms with Gasteiger partial charge < -0.3 is 25.8 Å². The van der Waals surface area contributed by atoms with Crippen molar-refractivity contribution in [1.29, 1.82) is 0 Å². The van der Waals surface area contributed by atoms with Crippen LogP contribution in [0.5, 0.6) is 5.75 Å². The van der Waals surface area contributed by atoms with Crippen LogP contribution in [0.4, 0.5) is 0 Å². The number of benzene rings is 2. The third kappa shape index (κ3) is 9.41. The second-order valence-electron chi connectivity index (χ2n) is 11.4. The number of carbonyl (C=O) groups excluding carboxylic acids is 2. The van der Waals surface area contributed by atoms with E-state index < -0.39 is 33.4 Å². The Morgan fingerprint density at radius 1 is 1.07 bits per heavy atom. The number of hydrogen-bond acceptors (Lipinski definition) is 7. The molecular weight excluding hydrogens is 580 g/mol. The van der Waals surface area contributed by atoms with E-state index in [0.29, 0.717) is 38.2 Å². The minimum Gasteiger partial charge on any atom is -0.497 e. The average molecular weight is 627 g/mol. The van der Waals surface area contributed by atoms with E-state index in [0.717, 1.165) is 17.4 Å². The summed E-state index contributed by atoms with van der Waals surface area (Å²) >= 11 is 0. The Bertz CT molecular complexity index is 1440. The van der Waals surface area contributed by atoms with Gasteiger partial charge in [-0.3, -0.25) is 14.3 Å². The van der Waals surface area contributed by atoms with E-state index in [2.05, 4.69) is 10.0 Å². The standard InChI is InChI=1S/C33H46N4O6S/c1-5-15-37(16-6-2)32(40)33(20-26(31(34)39)19-27(21-33)36-44(4,41)42)29(18-24-11-8-7-9-12-24)30(38)23-35-22-25-13-10-14-28(17-25)43-3/h7-14,17,19,21,29-30,35-36,38H,5-6,15-16,18,20,22-23H2,1-4H3,(H2,34,39)/t29-,30+,33?/m1/s1. The highest BCUT2D eigenvalue weighted by Crippen LogP contribution is 2.45. The van der Waals surface area contributed by atoms with E-state index in [1.54, 1.807) is 18.1 Å². The molecule has 3 rings (SSSR count). The van der Waals surface area contributed by atoms with E-state index in [-0.39, 0.29) is 36.6 Å². The zero-order chi connectivity index (χ0) is 32.3. The van der Waals surface area contributed by atoms with E-state index in [9.17, 15) is 23.1 Å². The van der Waals surface area contributed by atoms with Crippen LogP contribution in [-0.4, -0.2) is 69.3 Å². The van der Waals surface area contributed by atoms with Crippen LogP contribution in [0.15, 0.2) is 78.0 Å². The number of hydrogen-bond donors (Lipinski definition) is 4. The van der Waals surface area contributed by atoms with E-state index >= 15 is 0 Å². The number of sulfonamides is 1. The first kappa shape index (κ1) is 34.8. The van der Waals surface area contributed by atoms with Crippen LogP contribution in [0.25, 0.3) is 0 Å². The van der Waals surface area contributed by atoms with Crippen molar-refractivity contribution in [3.63, 3.8) is 0 Å². The van der Waals surface area contributed by atoms with Crippen LogP contribution in [0.1, 0.15) is 44.2 Å². The molecular formula is C33H46N4O6S. The largest absolute Gasteiger partial charge is 0.497 e. The van der Waals surface area contributed by atoms with Crippen molar-refractivity contribution >= 4 is 21.8 Å². The quantitative estimate of drug-likeness (QED) is 0.211. The van der Waals surface area contributed by atoms with Crippen LogP contribution in [0, 0.1) is 11.3 Å². The number of rotatable bonds is 17. The molecule has 5 N–H and O–H groups in total. The molecule has 0 aromatic heterocycles. The molecule has 2 aromatic carbocycles. The molecule has 0 aliphatic heterocycles. The number of ether oxygens (including phenoxy) is 1. The van der Waals surface area contributed by atoms with Crippen LogP contribution >= 0.6 is 0 Å². The number of nitrogens with two attached hydrogens (primary N) is 1. The molecule has 1 unspecified atom stereocenters. The third-order valence-electron chi connectivity index (χ3n) is 7.76. The minimum atomic E-state index is -3.77. The molecule has 1 aliphatic rings. The number of aliphatic hydroxyl groups excluding tert-OH is 1. The van der Waals surface area contributed by atoms with Crippen molar-refractivity contribution in [2.24, 2.45) is 17.1 Å². The molecule has 0 bridgehead atoms. The molecule has 0 fully saturated rings. The highest BCUT2D eigenvalue weighted by Gasteiger charge is 2.51. The molecule has 11 heteroatoms. The molecule has 240 valence electrons. The van der Waals surface area contributed by atoms with Crippen LogP contribution in [0.3, 0.4) is 0 Å². The number of allylic oxidation sites excluding steroid dienone is 1. The molecule has 0 spiro atoms. The maximum atomic E-state index is 14.8. The molecule has 2 aromatic rings. The molecule has 1 aliphatic carbocycles. The van der Waals surface area contributed by atoms with Crippen molar-refractivity contribution in [3.05, 3.63) is 89.1 Å². The van der Waals surface area contributed by atoms with Gasteiger partial charge in [0.25, 0.3) is 0 Å². The van der Waals surface area contributed by atoms with Crippen molar-refractivity contribution in [2.75, 3.05) is 33.0 Å². The number of aliphatic hydroxyl groups is 1. The first-order valence-electron chi connectivity index (χ1n) is 15.0. The monoisotopic (exact) mass is 626 g/mol. The van der Waals surface area contributed by atoms with Gasteiger partial charge in [-0.05, 0) is 61.1 Å². The lowest BCUT2D eigenvalue weighted by molar-refractivity contribution is -0.145. The summed E-state index contributed by atoms with van der Waals surface area (Å²) in [7, 11) is -2.17. The Balaban J connectivity index is 2.14. The maximum Gasteiger partial charge on any atom is 0.244 e. The Labute approximate surface area is 261 Å². The Morgan fingerprint density at radius 2 is 1.73 bits per heavy atom. The molecule has 10 nitrogen and oxygen atoms in total. The summed E-state index contributed by atoms with van der Waals surface area (Å²) in [5.74, 6) is -1.09. The fourth-order valence-electron chi connectivity index (χ4n) is 5.86. The molecule has 0 saturated heterocycles. The summed E-state index contributed by atoms with van der Waals surface area (Å²) in [6.07, 6.45) is 4.51. The molecule has 0 radical (unpaired) electrons. The van der Waals surface area contributed by atoms with Crippen molar-refractivity contribution in [3.8, 4) is 5.75 Å². The zero-order valence-corrected chi connectivity index (χ0v) is 26.9. The molecule has 2 amide bonds. The Hall–Kier alpha value is -3.67. The van der Waals surface area contributed by atoms with Gasteiger partial charge in [-0.2, -0.15) is 0 Å². The lowest BCUT2D eigenvalue weighted by Crippen LogP contribution is -2.54. The number of carbonyl (C=O) groups is 2. The summed E-state index contributed by atoms with van der Waals surface area (Å²) in [6, 6.07) is 17.1. The molecule has 0 heterocycles. The fourth-order valence-corrected chi connectivity index (χ4v) is 6.40. The molecule has 0 saturated carbocycles. The smallest absolute Gasteiger partial charge is 0.244 e. The summed E-state index contributed by atoms with van der Waals surface area (Å²) in [4.78, 5) is 29.2. The zero-order valence-electron chi connectivity index (χ0n) is 26.1. The summed E-state index contributed by atoms with van der Waals surface area (Å²) < 4.78 is 32.5. The highest BCUT2D eigenvalue weighted by atomic mass is 32.2. The SMILES string of the molecule is CCCN(CCC)C(=O)C1([C@H](Cc2ccccc2)[C@@H](O)CNCc2cccc(OC)c2)C=C(NS(C)(=O)=O)C=C(C(N)=O)C1. The number of nitrogens with one attached hydrogen (secondary N) is 2. The van der Waals surface area contributed by atoms with E-state index in [1.807, 2.05) is 68.4 Å². The van der Waals surface area contributed by atoms with Gasteiger partial charge in [0.2, 0.25) is 21.8 Å². The molecule has 3 atom stereocenters. The van der Waals surface area contributed by atoms with Gasteiger partial charge >= 0.3 is 0 Å². The maximum absolute atomic E-state index is 14.8. The van der Waals surface area contributed by atoms with Gasteiger partial charge in [-0.25, -0.2) is 8.42 Å². The van der Waals surface area contributed by atoms with Crippen molar-refractivity contribution < 1.29 is 27.9 Å². The molecule has 44 heavy (non-hydrogen) atoms. The number of nitrogens with zero attached hydrogens (tertiary/aromatic N) is 1. The Morgan fingerprint density at radius 3 is 2.32 bits per heavy atom. The number of amides is 2. The number of methoxy groups -OCH3 is 1. The first-order chi connectivity index (χ1) is 20.9. The Kier molecular flexibility index (Phi) is 12.6. The predicted molar refractivity (Wildman–Crippen MR) is 172 cm³/mol. The van der Waals surface area contributed by atoms with Gasteiger partial charge in [0.1, 0.15) is 5.75 Å². The summed E-state index contributed by atoms with van der Waals surface area (Å²) in [6.45, 7) is 5.45. The van der Waals surface area contributed by atoms with Crippen LogP contribution in [0.2, 0.25) is 0 Å². The minimum absolute atomic E-state index is 0.0726.